The SMILES string of the molecule is NC(=O)c1cccc(CNC(=O)C2(C(=O)O)CC3(CCC3)C2)c1. The second-order valence-electron chi connectivity index (χ2n) is 6.84. The maximum absolute atomic E-state index is 12.4. The van der Waals surface area contributed by atoms with E-state index in [-0.39, 0.29) is 12.0 Å². The van der Waals surface area contributed by atoms with Gasteiger partial charge in [-0.05, 0) is 48.8 Å². The number of nitrogens with two attached hydrogens (primary N) is 1. The molecule has 6 nitrogen and oxygen atoms in total. The predicted molar refractivity (Wildman–Crippen MR) is 82.4 cm³/mol. The molecule has 2 aliphatic rings. The third-order valence-electron chi connectivity index (χ3n) is 5.28. The van der Waals surface area contributed by atoms with Gasteiger partial charge in [-0.15, -0.1) is 0 Å². The Morgan fingerprint density at radius 2 is 1.91 bits per heavy atom. The van der Waals surface area contributed by atoms with Crippen LogP contribution in [0.4, 0.5) is 0 Å². The van der Waals surface area contributed by atoms with Crippen LogP contribution in [-0.4, -0.2) is 22.9 Å². The molecule has 0 heterocycles. The van der Waals surface area contributed by atoms with Crippen molar-refractivity contribution < 1.29 is 19.5 Å². The molecular weight excluding hydrogens is 296 g/mol. The van der Waals surface area contributed by atoms with Crippen molar-refractivity contribution in [3.05, 3.63) is 35.4 Å². The summed E-state index contributed by atoms with van der Waals surface area (Å²) in [5, 5.41) is 12.2. The third kappa shape index (κ3) is 2.58. The summed E-state index contributed by atoms with van der Waals surface area (Å²) in [5.41, 5.74) is 5.10. The minimum Gasteiger partial charge on any atom is -0.480 e. The fourth-order valence-electron chi connectivity index (χ4n) is 3.85. The Morgan fingerprint density at radius 1 is 1.22 bits per heavy atom. The highest BCUT2D eigenvalue weighted by Crippen LogP contribution is 2.64. The van der Waals surface area contributed by atoms with Gasteiger partial charge < -0.3 is 16.2 Å². The fraction of sp³-hybridized carbons (Fsp3) is 0.471. The van der Waals surface area contributed by atoms with Crippen LogP contribution >= 0.6 is 0 Å². The van der Waals surface area contributed by atoms with Crippen LogP contribution in [0.1, 0.15) is 48.0 Å². The Hall–Kier alpha value is -2.37. The summed E-state index contributed by atoms with van der Waals surface area (Å²) in [6.45, 7) is 0.183. The van der Waals surface area contributed by atoms with Crippen molar-refractivity contribution in [1.82, 2.24) is 5.32 Å². The average Bonchev–Trinajstić information content (AvgIpc) is 2.42. The lowest BCUT2D eigenvalue weighted by Gasteiger charge is -2.58. The number of primary amides is 1. The van der Waals surface area contributed by atoms with Crippen molar-refractivity contribution in [3.63, 3.8) is 0 Å². The van der Waals surface area contributed by atoms with E-state index in [4.69, 9.17) is 5.73 Å². The maximum atomic E-state index is 12.4. The Kier molecular flexibility index (Phi) is 3.62. The van der Waals surface area contributed by atoms with Crippen LogP contribution in [0.2, 0.25) is 0 Å². The standard InChI is InChI=1S/C17H20N2O4/c18-13(20)12-4-1-3-11(7-12)8-19-14(21)17(15(22)23)9-16(10-17)5-2-6-16/h1,3-4,7H,2,5-6,8-10H2,(H2,18,20)(H,19,21)(H,22,23). The van der Waals surface area contributed by atoms with Crippen molar-refractivity contribution in [2.45, 2.75) is 38.6 Å². The average molecular weight is 316 g/mol. The topological polar surface area (TPSA) is 109 Å². The predicted octanol–water partition coefficient (Wildman–Crippen LogP) is 1.44. The molecule has 1 spiro atoms. The zero-order valence-electron chi connectivity index (χ0n) is 12.8. The summed E-state index contributed by atoms with van der Waals surface area (Å²) in [5.74, 6) is -2.02. The van der Waals surface area contributed by atoms with Crippen LogP contribution in [-0.2, 0) is 16.1 Å². The highest BCUT2D eigenvalue weighted by Gasteiger charge is 2.64. The first-order valence-electron chi connectivity index (χ1n) is 7.77. The Balaban J connectivity index is 1.65. The van der Waals surface area contributed by atoms with Gasteiger partial charge in [0.2, 0.25) is 11.8 Å². The molecule has 122 valence electrons. The van der Waals surface area contributed by atoms with Crippen molar-refractivity contribution in [1.29, 1.82) is 0 Å². The van der Waals surface area contributed by atoms with Gasteiger partial charge in [0.1, 0.15) is 5.41 Å². The molecule has 4 N–H and O–H groups in total. The quantitative estimate of drug-likeness (QED) is 0.714. The van der Waals surface area contributed by atoms with Crippen LogP contribution in [0.5, 0.6) is 0 Å². The van der Waals surface area contributed by atoms with E-state index in [9.17, 15) is 19.5 Å². The van der Waals surface area contributed by atoms with Gasteiger partial charge in [0.05, 0.1) is 0 Å². The first-order chi connectivity index (χ1) is 10.9. The molecule has 0 aliphatic heterocycles. The van der Waals surface area contributed by atoms with Gasteiger partial charge in [-0.1, -0.05) is 18.6 Å². The number of carbonyl (C=O) groups is 3. The van der Waals surface area contributed by atoms with Crippen LogP contribution in [0.3, 0.4) is 0 Å². The molecule has 0 saturated heterocycles. The zero-order chi connectivity index (χ0) is 16.7. The summed E-state index contributed by atoms with van der Waals surface area (Å²) in [4.78, 5) is 35.2. The number of carbonyl (C=O) groups excluding carboxylic acids is 2. The van der Waals surface area contributed by atoms with E-state index in [1.165, 1.54) is 0 Å². The molecule has 0 atom stereocenters. The van der Waals surface area contributed by atoms with Crippen LogP contribution in [0, 0.1) is 10.8 Å². The zero-order valence-corrected chi connectivity index (χ0v) is 12.8. The summed E-state index contributed by atoms with van der Waals surface area (Å²) in [7, 11) is 0. The Bertz CT molecular complexity index is 671. The minimum absolute atomic E-state index is 0.0849. The molecule has 0 radical (unpaired) electrons. The van der Waals surface area contributed by atoms with Gasteiger partial charge in [-0.3, -0.25) is 14.4 Å². The summed E-state index contributed by atoms with van der Waals surface area (Å²) in [6, 6.07) is 6.64. The Morgan fingerprint density at radius 3 is 2.43 bits per heavy atom. The van der Waals surface area contributed by atoms with E-state index in [2.05, 4.69) is 5.32 Å². The molecule has 2 saturated carbocycles. The number of carboxylic acids is 1. The van der Waals surface area contributed by atoms with E-state index in [1.54, 1.807) is 24.3 Å². The Labute approximate surface area is 134 Å². The second-order valence-corrected chi connectivity index (χ2v) is 6.84. The molecule has 0 bridgehead atoms. The smallest absolute Gasteiger partial charge is 0.319 e. The minimum atomic E-state index is -1.29. The lowest BCUT2D eigenvalue weighted by molar-refractivity contribution is -0.181. The number of hydrogen-bond acceptors (Lipinski definition) is 3. The van der Waals surface area contributed by atoms with E-state index in [0.29, 0.717) is 24.0 Å². The van der Waals surface area contributed by atoms with E-state index >= 15 is 0 Å². The van der Waals surface area contributed by atoms with Gasteiger partial charge in [0.25, 0.3) is 0 Å². The van der Waals surface area contributed by atoms with E-state index < -0.39 is 23.2 Å². The monoisotopic (exact) mass is 316 g/mol. The van der Waals surface area contributed by atoms with Gasteiger partial charge in [0.15, 0.2) is 0 Å². The maximum Gasteiger partial charge on any atom is 0.319 e. The molecule has 6 heteroatoms. The number of hydrogen-bond donors (Lipinski definition) is 3. The molecule has 23 heavy (non-hydrogen) atoms. The highest BCUT2D eigenvalue weighted by molar-refractivity contribution is 6.03. The first kappa shape index (κ1) is 15.5. The molecule has 0 unspecified atom stereocenters. The van der Waals surface area contributed by atoms with Crippen LogP contribution in [0.15, 0.2) is 24.3 Å². The number of carboxylic acid groups (broad SMARTS) is 1. The third-order valence-corrected chi connectivity index (χ3v) is 5.28. The van der Waals surface area contributed by atoms with Crippen molar-refractivity contribution >= 4 is 17.8 Å². The normalized spacial score (nSPS) is 20.2. The molecule has 2 aliphatic carbocycles. The number of nitrogens with one attached hydrogen (secondary N) is 1. The van der Waals surface area contributed by atoms with E-state index in [1.807, 2.05) is 0 Å². The molecule has 2 amide bonds. The molecule has 2 fully saturated rings. The van der Waals surface area contributed by atoms with Gasteiger partial charge in [0, 0.05) is 12.1 Å². The fourth-order valence-corrected chi connectivity index (χ4v) is 3.85. The first-order valence-corrected chi connectivity index (χ1v) is 7.77. The van der Waals surface area contributed by atoms with Gasteiger partial charge in [-0.25, -0.2) is 0 Å². The molecule has 0 aromatic heterocycles. The van der Waals surface area contributed by atoms with Gasteiger partial charge in [-0.2, -0.15) is 0 Å². The largest absolute Gasteiger partial charge is 0.480 e. The lowest BCUT2D eigenvalue weighted by atomic mass is 9.45. The lowest BCUT2D eigenvalue weighted by Crippen LogP contribution is -2.61. The molecule has 1 aromatic carbocycles. The van der Waals surface area contributed by atoms with Crippen LogP contribution in [0.25, 0.3) is 0 Å². The number of rotatable bonds is 5. The number of benzene rings is 1. The highest BCUT2D eigenvalue weighted by atomic mass is 16.4. The summed E-state index contributed by atoms with van der Waals surface area (Å²) in [6.07, 6.45) is 4.04. The summed E-state index contributed by atoms with van der Waals surface area (Å²) < 4.78 is 0. The number of aliphatic carboxylic acids is 1. The second kappa shape index (κ2) is 5.37. The number of amides is 2. The van der Waals surface area contributed by atoms with Gasteiger partial charge >= 0.3 is 5.97 Å². The van der Waals surface area contributed by atoms with Crippen LogP contribution < -0.4 is 11.1 Å². The summed E-state index contributed by atoms with van der Waals surface area (Å²) >= 11 is 0. The molecule has 1 aromatic rings. The van der Waals surface area contributed by atoms with E-state index in [0.717, 1.165) is 19.3 Å². The van der Waals surface area contributed by atoms with Crippen molar-refractivity contribution in [3.8, 4) is 0 Å². The van der Waals surface area contributed by atoms with Crippen molar-refractivity contribution in [2.75, 3.05) is 0 Å². The molecule has 3 rings (SSSR count). The van der Waals surface area contributed by atoms with Crippen molar-refractivity contribution in [2.24, 2.45) is 16.6 Å². The molecular formula is C17H20N2O4.